The van der Waals surface area contributed by atoms with Crippen LogP contribution < -0.4 is 24.4 Å². The molecule has 0 amide bonds. The maximum atomic E-state index is 14.2. The van der Waals surface area contributed by atoms with Crippen molar-refractivity contribution < 1.29 is 19.0 Å². The van der Waals surface area contributed by atoms with E-state index in [9.17, 15) is 9.59 Å². The number of thiazole rings is 1. The van der Waals surface area contributed by atoms with E-state index in [1.54, 1.807) is 24.5 Å². The van der Waals surface area contributed by atoms with Gasteiger partial charge in [-0.3, -0.25) is 9.36 Å². The van der Waals surface area contributed by atoms with E-state index >= 15 is 0 Å². The Morgan fingerprint density at radius 1 is 1.10 bits per heavy atom. The van der Waals surface area contributed by atoms with Crippen LogP contribution in [0.15, 0.2) is 93.9 Å². The van der Waals surface area contributed by atoms with Crippen molar-refractivity contribution in [2.75, 3.05) is 13.4 Å². The minimum atomic E-state index is -0.737. The van der Waals surface area contributed by atoms with Crippen LogP contribution in [0.25, 0.3) is 28.2 Å². The highest BCUT2D eigenvalue weighted by Gasteiger charge is 2.34. The predicted octanol–water partition coefficient (Wildman–Crippen LogP) is 4.68. The highest BCUT2D eigenvalue weighted by atomic mass is 32.1. The molecule has 2 aliphatic heterocycles. The van der Waals surface area contributed by atoms with Crippen LogP contribution in [0.2, 0.25) is 0 Å². The van der Waals surface area contributed by atoms with Crippen LogP contribution in [0.4, 0.5) is 0 Å². The number of fused-ring (bicyclic) bond motifs is 3. The molecule has 1 unspecified atom stereocenters. The van der Waals surface area contributed by atoms with Gasteiger partial charge in [-0.05, 0) is 49.2 Å². The molecule has 0 saturated carbocycles. The van der Waals surface area contributed by atoms with Crippen molar-refractivity contribution in [3.05, 3.63) is 115 Å². The van der Waals surface area contributed by atoms with E-state index in [1.807, 2.05) is 72.8 Å². The lowest BCUT2D eigenvalue weighted by atomic mass is 9.95. The van der Waals surface area contributed by atoms with Crippen molar-refractivity contribution in [3.8, 4) is 22.8 Å². The third kappa shape index (κ3) is 4.17. The lowest BCUT2D eigenvalue weighted by molar-refractivity contribution is -0.139. The second kappa shape index (κ2) is 9.94. The second-order valence-corrected chi connectivity index (χ2v) is 10.7. The molecule has 0 spiro atoms. The molecule has 1 N–H and O–H groups in total. The SMILES string of the molecule is CCOC(=O)C1=C(C)N=c2s/c(=C\c3c(-c4ccccc4)[nH]c4ccccc34)c(=O)n2C1c1ccc2c(c1)OCO2. The molecule has 0 aliphatic carbocycles. The molecule has 1 atom stereocenters. The quantitative estimate of drug-likeness (QED) is 0.314. The summed E-state index contributed by atoms with van der Waals surface area (Å²) >= 11 is 1.30. The van der Waals surface area contributed by atoms with Gasteiger partial charge in [-0.25, -0.2) is 9.79 Å². The van der Waals surface area contributed by atoms with Crippen LogP contribution >= 0.6 is 11.3 Å². The van der Waals surface area contributed by atoms with Crippen LogP contribution in [0.3, 0.4) is 0 Å². The summed E-state index contributed by atoms with van der Waals surface area (Å²) in [5.41, 5.74) is 5.13. The Bertz CT molecular complexity index is 2050. The van der Waals surface area contributed by atoms with Crippen molar-refractivity contribution in [1.29, 1.82) is 0 Å². The number of carbonyl (C=O) groups excluding carboxylic acids is 1. The topological polar surface area (TPSA) is 94.9 Å². The number of hydrogen-bond acceptors (Lipinski definition) is 7. The van der Waals surface area contributed by atoms with Gasteiger partial charge < -0.3 is 19.2 Å². The molecule has 0 radical (unpaired) electrons. The zero-order valence-corrected chi connectivity index (χ0v) is 23.2. The first-order valence-electron chi connectivity index (χ1n) is 13.3. The summed E-state index contributed by atoms with van der Waals surface area (Å²) < 4.78 is 18.6. The summed E-state index contributed by atoms with van der Waals surface area (Å²) in [5.74, 6) is 0.676. The molecular weight excluding hydrogens is 538 g/mol. The van der Waals surface area contributed by atoms with Crippen LogP contribution in [0.5, 0.6) is 11.5 Å². The molecule has 41 heavy (non-hydrogen) atoms. The number of nitrogens with zero attached hydrogens (tertiary/aromatic N) is 2. The molecule has 3 aromatic carbocycles. The lowest BCUT2D eigenvalue weighted by Gasteiger charge is -2.24. The zero-order valence-electron chi connectivity index (χ0n) is 22.3. The maximum absolute atomic E-state index is 14.2. The van der Waals surface area contributed by atoms with Gasteiger partial charge >= 0.3 is 5.97 Å². The summed E-state index contributed by atoms with van der Waals surface area (Å²) in [5, 5.41) is 1.01. The maximum Gasteiger partial charge on any atom is 0.338 e. The highest BCUT2D eigenvalue weighted by molar-refractivity contribution is 7.07. The largest absolute Gasteiger partial charge is 0.463 e. The van der Waals surface area contributed by atoms with Crippen LogP contribution in [-0.2, 0) is 9.53 Å². The summed E-state index contributed by atoms with van der Waals surface area (Å²) in [4.78, 5) is 36.2. The summed E-state index contributed by atoms with van der Waals surface area (Å²) in [7, 11) is 0. The third-order valence-electron chi connectivity index (χ3n) is 7.31. The highest BCUT2D eigenvalue weighted by Crippen LogP contribution is 2.38. The Morgan fingerprint density at radius 2 is 1.88 bits per heavy atom. The second-order valence-electron chi connectivity index (χ2n) is 9.74. The Hall–Kier alpha value is -4.89. The van der Waals surface area contributed by atoms with Gasteiger partial charge in [0.25, 0.3) is 5.56 Å². The minimum absolute atomic E-state index is 0.121. The van der Waals surface area contributed by atoms with E-state index in [4.69, 9.17) is 19.2 Å². The number of nitrogens with one attached hydrogen (secondary N) is 1. The van der Waals surface area contributed by atoms with Gasteiger partial charge in [0, 0.05) is 16.5 Å². The minimum Gasteiger partial charge on any atom is -0.463 e. The first kappa shape index (κ1) is 25.1. The Balaban J connectivity index is 1.46. The molecule has 8 nitrogen and oxygen atoms in total. The standard InChI is InChI=1S/C32H25N3O5S/c1-3-38-31(37)27-18(2)33-32-35(29(27)20-13-14-24-25(15-20)40-17-39-24)30(36)26(41-32)16-22-21-11-7-8-12-23(21)34-28(22)19-9-5-4-6-10-19/h4-16,29,34H,3,17H2,1-2H3/b26-16-. The van der Waals surface area contributed by atoms with Gasteiger partial charge in [0.05, 0.1) is 34.1 Å². The fourth-order valence-electron chi connectivity index (χ4n) is 5.47. The average Bonchev–Trinajstić information content (AvgIpc) is 3.69. The van der Waals surface area contributed by atoms with E-state index in [-0.39, 0.29) is 19.0 Å². The van der Waals surface area contributed by atoms with E-state index in [2.05, 4.69) is 4.98 Å². The van der Waals surface area contributed by atoms with Gasteiger partial charge in [-0.2, -0.15) is 0 Å². The van der Waals surface area contributed by atoms with Crippen molar-refractivity contribution >= 4 is 34.3 Å². The van der Waals surface area contributed by atoms with Gasteiger partial charge in [0.15, 0.2) is 16.3 Å². The van der Waals surface area contributed by atoms with E-state index in [1.165, 1.54) is 11.3 Å². The average molecular weight is 564 g/mol. The van der Waals surface area contributed by atoms with Gasteiger partial charge in [-0.1, -0.05) is 65.9 Å². The number of hydrogen-bond donors (Lipinski definition) is 1. The van der Waals surface area contributed by atoms with Gasteiger partial charge in [-0.15, -0.1) is 0 Å². The Labute approximate surface area is 238 Å². The smallest absolute Gasteiger partial charge is 0.338 e. The van der Waals surface area contributed by atoms with E-state index < -0.39 is 12.0 Å². The number of ether oxygens (including phenoxy) is 3. The summed E-state index contributed by atoms with van der Waals surface area (Å²) in [6.07, 6.45) is 1.92. The number of para-hydroxylation sites is 1. The van der Waals surface area contributed by atoms with E-state index in [0.717, 1.165) is 27.7 Å². The number of aromatic amines is 1. The fourth-order valence-corrected chi connectivity index (χ4v) is 6.50. The summed E-state index contributed by atoms with van der Waals surface area (Å²) in [6, 6.07) is 22.8. The molecule has 5 aromatic rings. The number of aromatic nitrogens is 2. The zero-order chi connectivity index (χ0) is 28.1. The first-order chi connectivity index (χ1) is 20.0. The van der Waals surface area contributed by atoms with Gasteiger partial charge in [0.2, 0.25) is 6.79 Å². The van der Waals surface area contributed by atoms with Crippen LogP contribution in [-0.4, -0.2) is 28.9 Å². The van der Waals surface area contributed by atoms with Crippen molar-refractivity contribution in [2.24, 2.45) is 4.99 Å². The molecule has 0 fully saturated rings. The predicted molar refractivity (Wildman–Crippen MR) is 157 cm³/mol. The molecule has 4 heterocycles. The number of H-pyrrole nitrogens is 1. The van der Waals surface area contributed by atoms with E-state index in [0.29, 0.717) is 37.7 Å². The monoisotopic (exact) mass is 563 g/mol. The number of esters is 1. The Morgan fingerprint density at radius 3 is 2.71 bits per heavy atom. The third-order valence-corrected chi connectivity index (χ3v) is 8.30. The normalized spacial score (nSPS) is 16.1. The molecule has 7 rings (SSSR count). The molecule has 0 bridgehead atoms. The molecular formula is C32H25N3O5S. The number of benzene rings is 3. The molecule has 0 saturated heterocycles. The fraction of sp³-hybridized carbons (Fsp3) is 0.156. The number of carbonyl (C=O) groups is 1. The Kier molecular flexibility index (Phi) is 6.09. The lowest BCUT2D eigenvalue weighted by Crippen LogP contribution is -2.39. The molecule has 2 aliphatic rings. The number of rotatable bonds is 5. The molecule has 9 heteroatoms. The molecule has 204 valence electrons. The number of allylic oxidation sites excluding steroid dienone is 1. The van der Waals surface area contributed by atoms with Crippen molar-refractivity contribution in [2.45, 2.75) is 19.9 Å². The van der Waals surface area contributed by atoms with Crippen molar-refractivity contribution in [1.82, 2.24) is 9.55 Å². The van der Waals surface area contributed by atoms with Gasteiger partial charge in [0.1, 0.15) is 0 Å². The first-order valence-corrected chi connectivity index (χ1v) is 14.1. The summed E-state index contributed by atoms with van der Waals surface area (Å²) in [6.45, 7) is 3.85. The van der Waals surface area contributed by atoms with Crippen molar-refractivity contribution in [3.63, 3.8) is 0 Å². The van der Waals surface area contributed by atoms with Crippen LogP contribution in [0, 0.1) is 0 Å². The van der Waals surface area contributed by atoms with Crippen LogP contribution in [0.1, 0.15) is 31.0 Å². The molecule has 2 aromatic heterocycles.